The SMILES string of the molecule is CCCOC[C@@]1(O)CCC[C@H](C)[C@@H](C)S(=O)(=O)NC(=O)c2ccc3c(c2)N(C[C@@H]2CC[C@H]21)C[C@@]1(CCCc2cc(Cl)ccc21)CO3.CCCOC[C@]1(O)CCC[C@H](C)[C@@H](C)S(=O)(=O)NC(=O)c2ccc3c(c2)N(C[C@@H]2CC[C@H]21)C[C@@]1(CCCc2cc(Cl)ccc21)CO3. The normalized spacial score (nSPS) is 32.7. The van der Waals surface area contributed by atoms with E-state index in [-0.39, 0.29) is 70.7 Å². The Bertz CT molecular complexity index is 3330. The number of carbonyl (C=O) groups excluding carboxylic acids is 2. The molecule has 4 aliphatic carbocycles. The summed E-state index contributed by atoms with van der Waals surface area (Å²) in [5, 5.41) is 24.4. The molecular formula is C72H98Cl2N4O12S2. The number of amides is 2. The number of benzene rings is 4. The van der Waals surface area contributed by atoms with Gasteiger partial charge < -0.3 is 39.0 Å². The van der Waals surface area contributed by atoms with Crippen LogP contribution in [0.1, 0.15) is 187 Å². The summed E-state index contributed by atoms with van der Waals surface area (Å²) in [5.41, 5.74) is 4.59. The molecule has 92 heavy (non-hydrogen) atoms. The standard InChI is InChI=1S/2C36H49ClN2O6S/c2*1-4-17-44-23-36(41)16-5-7-24(2)25(3)46(42,43)38-34(40)27-10-14-33-32(19-27)39(20-28-9-12-31(28)36)21-35(22-45-33)15-6-8-26-18-29(37)11-13-30(26)35/h2*10-11,13-14,18-19,24-25,28,31,41H,4-9,12,15-17,20-23H2,1-3H3,(H,38,40)/t24-,25+,28-,31+,35-,36+;24-,25+,28-,31+,35-,36-/m00/s1. The van der Waals surface area contributed by atoms with E-state index in [1.54, 1.807) is 50.2 Å². The van der Waals surface area contributed by atoms with Gasteiger partial charge in [0.15, 0.2) is 0 Å². The van der Waals surface area contributed by atoms with Gasteiger partial charge in [-0.15, -0.1) is 0 Å². The summed E-state index contributed by atoms with van der Waals surface area (Å²) < 4.78 is 83.4. The van der Waals surface area contributed by atoms with Crippen molar-refractivity contribution in [3.63, 3.8) is 0 Å². The van der Waals surface area contributed by atoms with E-state index < -0.39 is 53.6 Å². The van der Waals surface area contributed by atoms with Crippen molar-refractivity contribution in [1.29, 1.82) is 0 Å². The lowest BCUT2D eigenvalue weighted by molar-refractivity contribution is -0.132. The summed E-state index contributed by atoms with van der Waals surface area (Å²) in [6, 6.07) is 22.9. The first kappa shape index (κ1) is 68.7. The molecule has 12 rings (SSSR count). The number of rotatable bonds is 8. The average molecular weight is 1350 g/mol. The highest BCUT2D eigenvalue weighted by Crippen LogP contribution is 2.52. The van der Waals surface area contributed by atoms with Crippen LogP contribution in [0.4, 0.5) is 11.4 Å². The van der Waals surface area contributed by atoms with Crippen LogP contribution in [-0.2, 0) is 53.2 Å². The van der Waals surface area contributed by atoms with Crippen molar-refractivity contribution < 1.29 is 55.6 Å². The molecule has 4 heterocycles. The second kappa shape index (κ2) is 28.2. The Hall–Kier alpha value is -4.66. The summed E-state index contributed by atoms with van der Waals surface area (Å²) in [6.45, 7) is 16.7. The number of fused-ring (bicyclic) bond motifs is 8. The predicted octanol–water partition coefficient (Wildman–Crippen LogP) is 12.5. The fraction of sp³-hybridized carbons (Fsp3) is 0.639. The number of anilines is 2. The molecule has 2 amide bonds. The summed E-state index contributed by atoms with van der Waals surface area (Å²) in [5.74, 6) is 0.276. The molecule has 8 aliphatic rings. The van der Waals surface area contributed by atoms with E-state index in [1.807, 2.05) is 26.0 Å². The molecule has 0 saturated heterocycles. The second-order valence-corrected chi connectivity index (χ2v) is 33.8. The van der Waals surface area contributed by atoms with E-state index in [1.165, 1.54) is 22.3 Å². The number of carbonyl (C=O) groups is 2. The second-order valence-electron chi connectivity index (χ2n) is 28.9. The van der Waals surface area contributed by atoms with Gasteiger partial charge in [-0.1, -0.05) is 75.9 Å². The molecule has 0 unspecified atom stereocenters. The van der Waals surface area contributed by atoms with Crippen molar-refractivity contribution >= 4 is 66.4 Å². The lowest BCUT2D eigenvalue weighted by atomic mass is 9.63. The van der Waals surface area contributed by atoms with E-state index in [0.29, 0.717) is 103 Å². The number of aryl methyl sites for hydroxylation is 2. The van der Waals surface area contributed by atoms with Crippen LogP contribution < -0.4 is 28.7 Å². The highest BCUT2D eigenvalue weighted by Gasteiger charge is 2.52. The molecule has 12 atom stereocenters. The fourth-order valence-electron chi connectivity index (χ4n) is 16.7. The van der Waals surface area contributed by atoms with Crippen molar-refractivity contribution in [3.05, 3.63) is 116 Å². The van der Waals surface area contributed by atoms with E-state index in [4.69, 9.17) is 42.1 Å². The summed E-state index contributed by atoms with van der Waals surface area (Å²) in [7, 11) is -7.87. The van der Waals surface area contributed by atoms with Crippen LogP contribution in [0, 0.1) is 35.5 Å². The molecule has 4 aliphatic heterocycles. The quantitative estimate of drug-likeness (QED) is 0.121. The first-order chi connectivity index (χ1) is 43.9. The minimum Gasteiger partial charge on any atom is -0.490 e. The third-order valence-corrected chi connectivity index (χ3v) is 27.0. The number of halogens is 2. The molecule has 4 aromatic carbocycles. The van der Waals surface area contributed by atoms with Crippen LogP contribution >= 0.6 is 23.2 Å². The van der Waals surface area contributed by atoms with Gasteiger partial charge in [0, 0.05) is 71.4 Å². The van der Waals surface area contributed by atoms with Gasteiger partial charge in [-0.2, -0.15) is 0 Å². The number of ether oxygens (including phenoxy) is 4. The number of sulfonamides is 2. The molecule has 0 aromatic heterocycles. The number of nitrogens with zero attached hydrogens (tertiary/aromatic N) is 2. The van der Waals surface area contributed by atoms with Crippen molar-refractivity contribution in [2.24, 2.45) is 35.5 Å². The summed E-state index contributed by atoms with van der Waals surface area (Å²) in [6.07, 6.45) is 15.2. The van der Waals surface area contributed by atoms with E-state index >= 15 is 0 Å². The molecule has 504 valence electrons. The Kier molecular flexibility index (Phi) is 21.1. The largest absolute Gasteiger partial charge is 0.490 e. The summed E-state index contributed by atoms with van der Waals surface area (Å²) >= 11 is 12.9. The average Bonchev–Trinajstić information content (AvgIpc) is 1.57. The predicted molar refractivity (Wildman–Crippen MR) is 363 cm³/mol. The van der Waals surface area contributed by atoms with Gasteiger partial charge in [-0.3, -0.25) is 9.59 Å². The first-order valence-corrected chi connectivity index (χ1v) is 38.1. The van der Waals surface area contributed by atoms with Crippen LogP contribution in [0.3, 0.4) is 0 Å². The van der Waals surface area contributed by atoms with Crippen molar-refractivity contribution in [2.45, 2.75) is 190 Å². The van der Waals surface area contributed by atoms with Gasteiger partial charge >= 0.3 is 0 Å². The smallest absolute Gasteiger partial charge is 0.264 e. The van der Waals surface area contributed by atoms with Gasteiger partial charge in [0.1, 0.15) is 11.5 Å². The Morgan fingerprint density at radius 1 is 0.554 bits per heavy atom. The van der Waals surface area contributed by atoms with Gasteiger partial charge in [0.25, 0.3) is 11.8 Å². The first-order valence-electron chi connectivity index (χ1n) is 34.2. The van der Waals surface area contributed by atoms with Crippen LogP contribution in [0.15, 0.2) is 72.8 Å². The fourth-order valence-corrected chi connectivity index (χ4v) is 19.7. The molecule has 2 saturated carbocycles. The molecule has 2 spiro atoms. The minimum absolute atomic E-state index is 0.0567. The zero-order chi connectivity index (χ0) is 65.4. The lowest BCUT2D eigenvalue weighted by Crippen LogP contribution is -2.54. The lowest BCUT2D eigenvalue weighted by Gasteiger charge is -2.50. The van der Waals surface area contributed by atoms with Crippen LogP contribution in [0.2, 0.25) is 10.0 Å². The number of hydrogen-bond donors (Lipinski definition) is 4. The monoisotopic (exact) mass is 1340 g/mol. The molecule has 16 nitrogen and oxygen atoms in total. The molecular weight excluding hydrogens is 1250 g/mol. The van der Waals surface area contributed by atoms with Gasteiger partial charge in [-0.25, -0.2) is 26.3 Å². The van der Waals surface area contributed by atoms with Gasteiger partial charge in [-0.05, 0) is 235 Å². The molecule has 0 radical (unpaired) electrons. The zero-order valence-corrected chi connectivity index (χ0v) is 57.9. The highest BCUT2D eigenvalue weighted by molar-refractivity contribution is 7.91. The van der Waals surface area contributed by atoms with E-state index in [2.05, 4.69) is 57.4 Å². The van der Waals surface area contributed by atoms with Crippen molar-refractivity contribution in [3.8, 4) is 11.5 Å². The maximum absolute atomic E-state index is 13.5. The number of nitrogens with one attached hydrogen (secondary N) is 2. The van der Waals surface area contributed by atoms with Crippen LogP contribution in [-0.4, -0.2) is 126 Å². The number of aliphatic hydroxyl groups is 2. The van der Waals surface area contributed by atoms with Gasteiger partial charge in [0.05, 0.1) is 59.5 Å². The van der Waals surface area contributed by atoms with Gasteiger partial charge in [0.2, 0.25) is 20.0 Å². The minimum atomic E-state index is -3.93. The molecule has 4 bridgehead atoms. The Balaban J connectivity index is 0.000000188. The molecule has 20 heteroatoms. The maximum atomic E-state index is 13.5. The molecule has 4 N–H and O–H groups in total. The molecule has 4 aromatic rings. The van der Waals surface area contributed by atoms with Crippen molar-refractivity contribution in [2.75, 3.05) is 75.6 Å². The topological polar surface area (TPSA) is 210 Å². The third-order valence-electron chi connectivity index (χ3n) is 22.7. The van der Waals surface area contributed by atoms with Crippen LogP contribution in [0.5, 0.6) is 11.5 Å². The zero-order valence-electron chi connectivity index (χ0n) is 54.8. The Labute approximate surface area is 556 Å². The van der Waals surface area contributed by atoms with Crippen molar-refractivity contribution in [1.82, 2.24) is 9.44 Å². The van der Waals surface area contributed by atoms with E-state index in [9.17, 15) is 36.6 Å². The van der Waals surface area contributed by atoms with Crippen LogP contribution in [0.25, 0.3) is 0 Å². The number of hydrogen-bond acceptors (Lipinski definition) is 14. The maximum Gasteiger partial charge on any atom is 0.264 e. The third kappa shape index (κ3) is 14.4. The summed E-state index contributed by atoms with van der Waals surface area (Å²) in [4.78, 5) is 31.6. The Morgan fingerprint density at radius 2 is 0.967 bits per heavy atom. The Morgan fingerprint density at radius 3 is 1.35 bits per heavy atom. The van der Waals surface area contributed by atoms with E-state index in [0.717, 1.165) is 98.5 Å². The highest BCUT2D eigenvalue weighted by atomic mass is 35.5. The molecule has 2 fully saturated rings.